The molecule has 1 aliphatic heterocycles. The zero-order valence-electron chi connectivity index (χ0n) is 16.5. The number of nitrogens with one attached hydrogen (secondary N) is 1. The Kier molecular flexibility index (Phi) is 5.46. The lowest BCUT2D eigenvalue weighted by Gasteiger charge is -2.42. The number of aryl methyl sites for hydroxylation is 1. The molecule has 1 aromatic heterocycles. The van der Waals surface area contributed by atoms with Gasteiger partial charge in [0.05, 0.1) is 6.04 Å². The Hall–Kier alpha value is -2.63. The number of rotatable bonds is 5. The molecular formula is C22H28N4O2. The van der Waals surface area contributed by atoms with Crippen molar-refractivity contribution < 1.29 is 9.59 Å². The fraction of sp³-hybridized carbons (Fsp3) is 0.500. The first-order valence-electron chi connectivity index (χ1n) is 10.4. The van der Waals surface area contributed by atoms with E-state index in [9.17, 15) is 9.59 Å². The number of piperazine rings is 1. The summed E-state index contributed by atoms with van der Waals surface area (Å²) in [6.45, 7) is 2.84. The number of unbranched alkanes of at least 4 members (excludes halogenated alkanes) is 1. The SMILES string of the molecule is CCCC[C@@H]1CN(c2cccc3c2CCCC3)C(=O)CN1C(=O)c1ccn[nH]1. The minimum Gasteiger partial charge on any atom is -0.323 e. The Bertz CT molecular complexity index is 846. The highest BCUT2D eigenvalue weighted by atomic mass is 16.2. The van der Waals surface area contributed by atoms with Gasteiger partial charge in [0.1, 0.15) is 12.2 Å². The van der Waals surface area contributed by atoms with E-state index in [-0.39, 0.29) is 24.4 Å². The quantitative estimate of drug-likeness (QED) is 0.865. The topological polar surface area (TPSA) is 69.3 Å². The molecule has 2 aliphatic rings. The molecule has 1 saturated heterocycles. The number of carbonyl (C=O) groups excluding carboxylic acids is 2. The van der Waals surface area contributed by atoms with Gasteiger partial charge < -0.3 is 9.80 Å². The van der Waals surface area contributed by atoms with Gasteiger partial charge in [-0.3, -0.25) is 14.7 Å². The van der Waals surface area contributed by atoms with Gasteiger partial charge in [0.15, 0.2) is 0 Å². The van der Waals surface area contributed by atoms with E-state index in [1.54, 1.807) is 17.2 Å². The van der Waals surface area contributed by atoms with Crippen molar-refractivity contribution in [1.82, 2.24) is 15.1 Å². The van der Waals surface area contributed by atoms with Gasteiger partial charge in [0.2, 0.25) is 5.91 Å². The fourth-order valence-electron chi connectivity index (χ4n) is 4.47. The van der Waals surface area contributed by atoms with E-state index in [0.717, 1.165) is 37.8 Å². The number of carbonyl (C=O) groups is 2. The van der Waals surface area contributed by atoms with Crippen LogP contribution in [0.3, 0.4) is 0 Å². The van der Waals surface area contributed by atoms with Gasteiger partial charge in [-0.25, -0.2) is 0 Å². The molecule has 0 unspecified atom stereocenters. The van der Waals surface area contributed by atoms with E-state index in [1.165, 1.54) is 24.0 Å². The molecule has 6 nitrogen and oxygen atoms in total. The predicted octanol–water partition coefficient (Wildman–Crippen LogP) is 3.34. The van der Waals surface area contributed by atoms with Gasteiger partial charge in [-0.1, -0.05) is 31.9 Å². The maximum absolute atomic E-state index is 13.1. The number of hydrogen-bond acceptors (Lipinski definition) is 3. The van der Waals surface area contributed by atoms with Crippen molar-refractivity contribution in [3.05, 3.63) is 47.3 Å². The minimum atomic E-state index is -0.137. The first-order chi connectivity index (χ1) is 13.7. The number of H-pyrrole nitrogens is 1. The lowest BCUT2D eigenvalue weighted by atomic mass is 9.89. The summed E-state index contributed by atoms with van der Waals surface area (Å²) in [4.78, 5) is 29.7. The molecule has 0 saturated carbocycles. The number of nitrogens with zero attached hydrogens (tertiary/aromatic N) is 3. The number of amides is 2. The van der Waals surface area contributed by atoms with Crippen LogP contribution >= 0.6 is 0 Å². The molecule has 1 fully saturated rings. The molecule has 28 heavy (non-hydrogen) atoms. The normalized spacial score (nSPS) is 19.6. The summed E-state index contributed by atoms with van der Waals surface area (Å²) in [6.07, 6.45) is 9.09. The Labute approximate surface area is 165 Å². The third-order valence-electron chi connectivity index (χ3n) is 5.99. The standard InChI is InChI=1S/C22H28N4O2/c1-2-3-9-17-14-26(20-11-6-8-16-7-4-5-10-18(16)20)21(27)15-25(17)22(28)19-12-13-23-24-19/h6,8,11-13,17H,2-5,7,9-10,14-15H2,1H3,(H,23,24)/t17-/m1/s1. The van der Waals surface area contributed by atoms with Crippen LogP contribution in [0.5, 0.6) is 0 Å². The lowest BCUT2D eigenvalue weighted by Crippen LogP contribution is -2.58. The molecule has 4 rings (SSSR count). The number of anilines is 1. The Morgan fingerprint density at radius 1 is 1.25 bits per heavy atom. The maximum Gasteiger partial charge on any atom is 0.272 e. The predicted molar refractivity (Wildman–Crippen MR) is 108 cm³/mol. The largest absolute Gasteiger partial charge is 0.323 e. The van der Waals surface area contributed by atoms with Gasteiger partial charge in [-0.05, 0) is 55.4 Å². The molecule has 1 atom stereocenters. The highest BCUT2D eigenvalue weighted by Gasteiger charge is 2.37. The van der Waals surface area contributed by atoms with Crippen LogP contribution in [0.1, 0.15) is 60.6 Å². The van der Waals surface area contributed by atoms with Gasteiger partial charge in [-0.2, -0.15) is 5.10 Å². The summed E-state index contributed by atoms with van der Waals surface area (Å²) >= 11 is 0. The highest BCUT2D eigenvalue weighted by Crippen LogP contribution is 2.32. The number of hydrogen-bond donors (Lipinski definition) is 1. The van der Waals surface area contributed by atoms with E-state index in [2.05, 4.69) is 35.3 Å². The smallest absolute Gasteiger partial charge is 0.272 e. The summed E-state index contributed by atoms with van der Waals surface area (Å²) in [5.41, 5.74) is 4.19. The first kappa shape index (κ1) is 18.7. The molecule has 148 valence electrons. The van der Waals surface area contributed by atoms with Crippen LogP contribution in [0.25, 0.3) is 0 Å². The molecule has 1 aliphatic carbocycles. The third kappa shape index (κ3) is 3.55. The summed E-state index contributed by atoms with van der Waals surface area (Å²) < 4.78 is 0. The van der Waals surface area contributed by atoms with Crippen LogP contribution in [0.4, 0.5) is 5.69 Å². The fourth-order valence-corrected chi connectivity index (χ4v) is 4.47. The number of benzene rings is 1. The summed E-state index contributed by atoms with van der Waals surface area (Å²) in [5, 5.41) is 6.63. The Balaban J connectivity index is 1.62. The minimum absolute atomic E-state index is 0.000382. The van der Waals surface area contributed by atoms with Crippen LogP contribution in [-0.2, 0) is 17.6 Å². The second-order valence-corrected chi connectivity index (χ2v) is 7.83. The Morgan fingerprint density at radius 2 is 2.11 bits per heavy atom. The monoisotopic (exact) mass is 380 g/mol. The molecule has 1 aromatic carbocycles. The van der Waals surface area contributed by atoms with Gasteiger partial charge in [-0.15, -0.1) is 0 Å². The molecule has 0 radical (unpaired) electrons. The molecule has 2 aromatic rings. The third-order valence-corrected chi connectivity index (χ3v) is 5.99. The second-order valence-electron chi connectivity index (χ2n) is 7.83. The van der Waals surface area contributed by atoms with Crippen molar-refractivity contribution in [2.75, 3.05) is 18.0 Å². The van der Waals surface area contributed by atoms with Gasteiger partial charge >= 0.3 is 0 Å². The highest BCUT2D eigenvalue weighted by molar-refractivity contribution is 6.01. The molecule has 0 bridgehead atoms. The molecule has 6 heteroatoms. The molecule has 2 amide bonds. The van der Waals surface area contributed by atoms with E-state index < -0.39 is 0 Å². The van der Waals surface area contributed by atoms with Gasteiger partial charge in [0, 0.05) is 18.4 Å². The van der Waals surface area contributed by atoms with Crippen LogP contribution in [0.15, 0.2) is 30.5 Å². The van der Waals surface area contributed by atoms with Gasteiger partial charge in [0.25, 0.3) is 5.91 Å². The summed E-state index contributed by atoms with van der Waals surface area (Å²) in [7, 11) is 0. The molecule has 1 N–H and O–H groups in total. The first-order valence-corrected chi connectivity index (χ1v) is 10.4. The number of aromatic nitrogens is 2. The van der Waals surface area contributed by atoms with E-state index >= 15 is 0 Å². The van der Waals surface area contributed by atoms with Crippen molar-refractivity contribution in [1.29, 1.82) is 0 Å². The average molecular weight is 380 g/mol. The van der Waals surface area contributed by atoms with Crippen LogP contribution < -0.4 is 4.90 Å². The van der Waals surface area contributed by atoms with Crippen LogP contribution in [-0.4, -0.2) is 46.0 Å². The number of aromatic amines is 1. The molecule has 2 heterocycles. The Morgan fingerprint density at radius 3 is 2.89 bits per heavy atom. The lowest BCUT2D eigenvalue weighted by molar-refractivity contribution is -0.121. The number of fused-ring (bicyclic) bond motifs is 1. The summed E-state index contributed by atoms with van der Waals surface area (Å²) in [6, 6.07) is 8.02. The van der Waals surface area contributed by atoms with Crippen molar-refractivity contribution in [2.24, 2.45) is 0 Å². The van der Waals surface area contributed by atoms with Crippen molar-refractivity contribution in [3.8, 4) is 0 Å². The van der Waals surface area contributed by atoms with Crippen molar-refractivity contribution >= 4 is 17.5 Å². The van der Waals surface area contributed by atoms with Crippen LogP contribution in [0, 0.1) is 0 Å². The zero-order valence-corrected chi connectivity index (χ0v) is 16.5. The van der Waals surface area contributed by atoms with E-state index in [1.807, 2.05) is 4.90 Å². The van der Waals surface area contributed by atoms with E-state index in [0.29, 0.717) is 12.2 Å². The second kappa shape index (κ2) is 8.17. The summed E-state index contributed by atoms with van der Waals surface area (Å²) in [5.74, 6) is -0.138. The molecular weight excluding hydrogens is 352 g/mol. The van der Waals surface area contributed by atoms with Crippen molar-refractivity contribution in [3.63, 3.8) is 0 Å². The average Bonchev–Trinajstić information content (AvgIpc) is 3.27. The van der Waals surface area contributed by atoms with Crippen LogP contribution in [0.2, 0.25) is 0 Å². The van der Waals surface area contributed by atoms with Crippen molar-refractivity contribution in [2.45, 2.75) is 57.9 Å². The maximum atomic E-state index is 13.1. The zero-order chi connectivity index (χ0) is 19.5. The van der Waals surface area contributed by atoms with E-state index in [4.69, 9.17) is 0 Å². The molecule has 0 spiro atoms.